The van der Waals surface area contributed by atoms with E-state index >= 15 is 0 Å². The van der Waals surface area contributed by atoms with Gasteiger partial charge in [0.1, 0.15) is 10.7 Å². The van der Waals surface area contributed by atoms with Crippen molar-refractivity contribution in [2.45, 2.75) is 23.0 Å². The van der Waals surface area contributed by atoms with Crippen LogP contribution in [0.25, 0.3) is 5.69 Å². The van der Waals surface area contributed by atoms with Crippen LogP contribution in [0.2, 0.25) is 5.02 Å². The molecule has 3 rings (SSSR count). The second-order valence-corrected chi connectivity index (χ2v) is 11.5. The number of nitrogens with one attached hydrogen (secondary N) is 1. The van der Waals surface area contributed by atoms with E-state index in [1.165, 1.54) is 44.4 Å². The highest BCUT2D eigenvalue weighted by Crippen LogP contribution is 2.29. The van der Waals surface area contributed by atoms with Crippen molar-refractivity contribution in [2.75, 3.05) is 39.3 Å². The van der Waals surface area contributed by atoms with E-state index < -0.39 is 10.0 Å². The van der Waals surface area contributed by atoms with E-state index in [4.69, 9.17) is 11.6 Å². The summed E-state index contributed by atoms with van der Waals surface area (Å²) in [6.07, 6.45) is 0. The van der Waals surface area contributed by atoms with Crippen LogP contribution >= 0.6 is 23.4 Å². The van der Waals surface area contributed by atoms with Crippen molar-refractivity contribution in [1.82, 2.24) is 24.0 Å². The smallest absolute Gasteiger partial charge is 0.244 e. The van der Waals surface area contributed by atoms with Crippen LogP contribution in [0.1, 0.15) is 18.8 Å². The summed E-state index contributed by atoms with van der Waals surface area (Å²) >= 11 is 7.22. The van der Waals surface area contributed by atoms with E-state index in [9.17, 15) is 17.6 Å². The highest BCUT2D eigenvalue weighted by molar-refractivity contribution is 7.99. The second kappa shape index (κ2) is 11.0. The van der Waals surface area contributed by atoms with Crippen LogP contribution in [-0.2, 0) is 14.8 Å². The lowest BCUT2D eigenvalue weighted by Crippen LogP contribution is -2.23. The first-order valence-corrected chi connectivity index (χ1v) is 13.2. The molecule has 0 spiro atoms. The zero-order valence-corrected chi connectivity index (χ0v) is 22.2. The van der Waals surface area contributed by atoms with Crippen LogP contribution in [0.3, 0.4) is 0 Å². The minimum Gasteiger partial charge on any atom is -0.325 e. The van der Waals surface area contributed by atoms with E-state index in [1.54, 1.807) is 16.7 Å². The lowest BCUT2D eigenvalue weighted by molar-refractivity contribution is -0.113. The molecule has 13 heteroatoms. The highest BCUT2D eigenvalue weighted by Gasteiger charge is 2.23. The highest BCUT2D eigenvalue weighted by atomic mass is 35.5. The Kier molecular flexibility index (Phi) is 8.54. The van der Waals surface area contributed by atoms with Gasteiger partial charge in [-0.05, 0) is 63.5 Å². The van der Waals surface area contributed by atoms with E-state index in [2.05, 4.69) is 15.5 Å². The number of sulfonamides is 1. The zero-order valence-electron chi connectivity index (χ0n) is 19.9. The molecule has 0 radical (unpaired) electrons. The summed E-state index contributed by atoms with van der Waals surface area (Å²) < 4.78 is 41.3. The fourth-order valence-corrected chi connectivity index (χ4v) is 5.16. The van der Waals surface area contributed by atoms with Gasteiger partial charge >= 0.3 is 0 Å². The number of hydrogen-bond acceptors (Lipinski definition) is 7. The molecular formula is C22H26ClFN6O3S2. The van der Waals surface area contributed by atoms with Gasteiger partial charge in [-0.2, -0.15) is 0 Å². The van der Waals surface area contributed by atoms with Gasteiger partial charge in [-0.15, -0.1) is 10.2 Å². The van der Waals surface area contributed by atoms with Crippen LogP contribution < -0.4 is 5.32 Å². The molecular weight excluding hydrogens is 515 g/mol. The molecule has 0 unspecified atom stereocenters. The molecule has 2 aromatic carbocycles. The maximum atomic E-state index is 13.5. The molecule has 1 atom stereocenters. The molecule has 0 bridgehead atoms. The number of carbonyl (C=O) groups excluding carboxylic acids is 1. The molecule has 1 aromatic heterocycles. The number of carbonyl (C=O) groups is 1. The van der Waals surface area contributed by atoms with Crippen LogP contribution in [0.4, 0.5) is 10.1 Å². The fraction of sp³-hybridized carbons (Fsp3) is 0.318. The summed E-state index contributed by atoms with van der Waals surface area (Å²) in [7, 11) is 2.83. The summed E-state index contributed by atoms with van der Waals surface area (Å²) in [6.45, 7) is 1.96. The van der Waals surface area contributed by atoms with Crippen molar-refractivity contribution in [3.63, 3.8) is 0 Å². The average molecular weight is 541 g/mol. The quantitative estimate of drug-likeness (QED) is 0.413. The van der Waals surface area contributed by atoms with Gasteiger partial charge in [-0.25, -0.2) is 17.1 Å². The monoisotopic (exact) mass is 540 g/mol. The predicted molar refractivity (Wildman–Crippen MR) is 135 cm³/mol. The summed E-state index contributed by atoms with van der Waals surface area (Å²) in [5.41, 5.74) is 0.960. The molecule has 0 aliphatic heterocycles. The minimum absolute atomic E-state index is 0.0198. The molecule has 3 aromatic rings. The van der Waals surface area contributed by atoms with Crippen LogP contribution in [-0.4, -0.2) is 72.2 Å². The summed E-state index contributed by atoms with van der Waals surface area (Å²) in [4.78, 5) is 14.5. The van der Waals surface area contributed by atoms with Crippen LogP contribution in [0, 0.1) is 5.82 Å². The fourth-order valence-electron chi connectivity index (χ4n) is 3.01. The van der Waals surface area contributed by atoms with Gasteiger partial charge in [0.25, 0.3) is 0 Å². The van der Waals surface area contributed by atoms with Gasteiger partial charge in [-0.3, -0.25) is 14.3 Å². The van der Waals surface area contributed by atoms with Gasteiger partial charge in [-0.1, -0.05) is 23.4 Å². The Bertz CT molecular complexity index is 1310. The van der Waals surface area contributed by atoms with Gasteiger partial charge in [0, 0.05) is 25.5 Å². The number of thioether (sulfide) groups is 1. The van der Waals surface area contributed by atoms with Crippen molar-refractivity contribution >= 4 is 45.0 Å². The first kappa shape index (κ1) is 27.1. The number of amides is 1. The van der Waals surface area contributed by atoms with E-state index in [0.29, 0.717) is 22.4 Å². The standard InChI is InChI=1S/C22H26ClFN6O3S2/c1-14(28(2)3)21-26-27-22(30(21)17-9-6-15(24)7-10-17)34-13-20(31)25-16-8-11-18(23)19(12-16)35(32,33)29(4)5/h6-12,14H,13H2,1-5H3,(H,25,31)/t14-/m1/s1. The van der Waals surface area contributed by atoms with E-state index in [1.807, 2.05) is 25.9 Å². The molecule has 0 aliphatic carbocycles. The van der Waals surface area contributed by atoms with Crippen molar-refractivity contribution < 1.29 is 17.6 Å². The molecule has 0 saturated heterocycles. The first-order valence-electron chi connectivity index (χ1n) is 10.4. The Morgan fingerprint density at radius 2 is 1.80 bits per heavy atom. The van der Waals surface area contributed by atoms with Crippen molar-refractivity contribution in [3.05, 3.63) is 59.1 Å². The largest absolute Gasteiger partial charge is 0.325 e. The molecule has 9 nitrogen and oxygen atoms in total. The van der Waals surface area contributed by atoms with Crippen molar-refractivity contribution in [1.29, 1.82) is 0 Å². The number of anilines is 1. The molecule has 188 valence electrons. The molecule has 0 saturated carbocycles. The molecule has 1 N–H and O–H groups in total. The number of hydrogen-bond donors (Lipinski definition) is 1. The topological polar surface area (TPSA) is 100 Å². The third-order valence-corrected chi connectivity index (χ3v) is 8.42. The summed E-state index contributed by atoms with van der Waals surface area (Å²) in [5, 5.41) is 11.8. The second-order valence-electron chi connectivity index (χ2n) is 8.06. The zero-order chi connectivity index (χ0) is 25.9. The Hall–Kier alpha value is -2.51. The van der Waals surface area contributed by atoms with Crippen molar-refractivity contribution in [3.8, 4) is 5.69 Å². The Labute approximate surface area is 213 Å². The summed E-state index contributed by atoms with van der Waals surface area (Å²) in [5.74, 6) is -0.119. The van der Waals surface area contributed by atoms with Gasteiger partial charge in [0.05, 0.1) is 16.8 Å². The van der Waals surface area contributed by atoms with Crippen LogP contribution in [0.5, 0.6) is 0 Å². The molecule has 35 heavy (non-hydrogen) atoms. The Morgan fingerprint density at radius 1 is 1.14 bits per heavy atom. The number of nitrogens with zero attached hydrogens (tertiary/aromatic N) is 5. The lowest BCUT2D eigenvalue weighted by Gasteiger charge is -2.20. The van der Waals surface area contributed by atoms with Gasteiger partial charge in [0.15, 0.2) is 11.0 Å². The number of benzene rings is 2. The molecule has 0 aliphatic rings. The molecule has 1 amide bonds. The molecule has 1 heterocycles. The maximum Gasteiger partial charge on any atom is 0.244 e. The minimum atomic E-state index is -3.78. The number of rotatable bonds is 9. The van der Waals surface area contributed by atoms with Gasteiger partial charge < -0.3 is 5.32 Å². The lowest BCUT2D eigenvalue weighted by atomic mass is 10.2. The van der Waals surface area contributed by atoms with Crippen LogP contribution in [0.15, 0.2) is 52.5 Å². The van der Waals surface area contributed by atoms with E-state index in [0.717, 1.165) is 16.1 Å². The third kappa shape index (κ3) is 6.19. The van der Waals surface area contributed by atoms with Crippen molar-refractivity contribution in [2.24, 2.45) is 0 Å². The Morgan fingerprint density at radius 3 is 2.40 bits per heavy atom. The number of aromatic nitrogens is 3. The summed E-state index contributed by atoms with van der Waals surface area (Å²) in [6, 6.07) is 10.1. The first-order chi connectivity index (χ1) is 16.4. The number of halogens is 2. The molecule has 0 fully saturated rings. The SMILES string of the molecule is C[C@H](c1nnc(SCC(=O)Nc2ccc(Cl)c(S(=O)(=O)N(C)C)c2)n1-c1ccc(F)cc1)N(C)C. The predicted octanol–water partition coefficient (Wildman–Crippen LogP) is 3.66. The van der Waals surface area contributed by atoms with Gasteiger partial charge in [0.2, 0.25) is 15.9 Å². The Balaban J connectivity index is 1.81. The normalized spacial score (nSPS) is 12.8. The third-order valence-electron chi connectivity index (χ3n) is 5.20. The maximum absolute atomic E-state index is 13.5. The average Bonchev–Trinajstić information content (AvgIpc) is 3.22. The van der Waals surface area contributed by atoms with E-state index in [-0.39, 0.29) is 33.4 Å².